The zero-order valence-corrected chi connectivity index (χ0v) is 15.0. The van der Waals surface area contributed by atoms with Gasteiger partial charge in [-0.15, -0.1) is 0 Å². The first-order chi connectivity index (χ1) is 13.2. The summed E-state index contributed by atoms with van der Waals surface area (Å²) >= 11 is 0. The van der Waals surface area contributed by atoms with Crippen molar-refractivity contribution in [2.75, 3.05) is 0 Å². The molecule has 0 aliphatic carbocycles. The van der Waals surface area contributed by atoms with Crippen LogP contribution >= 0.6 is 0 Å². The first-order valence-electron chi connectivity index (χ1n) is 8.78. The van der Waals surface area contributed by atoms with Gasteiger partial charge in [-0.25, -0.2) is 0 Å². The van der Waals surface area contributed by atoms with Gasteiger partial charge in [0.05, 0.1) is 0 Å². The van der Waals surface area contributed by atoms with Crippen molar-refractivity contribution < 1.29 is 9.90 Å². The summed E-state index contributed by atoms with van der Waals surface area (Å²) in [5.74, 6) is 0. The molecule has 0 unspecified atom stereocenters. The van der Waals surface area contributed by atoms with Crippen molar-refractivity contribution in [3.05, 3.63) is 113 Å². The molecule has 0 amide bonds. The number of carbonyl (C=O) groups excluding carboxylic acids is 1. The molecule has 1 heterocycles. The highest BCUT2D eigenvalue weighted by Crippen LogP contribution is 2.23. The average molecular weight is 358 g/mol. The minimum Gasteiger partial charge on any atom is -0.384 e. The van der Waals surface area contributed by atoms with E-state index in [1.165, 1.54) is 0 Å². The molecular formula is C23H22N2O2. The van der Waals surface area contributed by atoms with Crippen LogP contribution in [0.15, 0.2) is 85.3 Å². The summed E-state index contributed by atoms with van der Waals surface area (Å²) in [5, 5.41) is 13.8. The Morgan fingerprint density at radius 2 is 1.89 bits per heavy atom. The lowest BCUT2D eigenvalue weighted by atomic mass is 9.98. The van der Waals surface area contributed by atoms with Crippen molar-refractivity contribution in [3.8, 4) is 0 Å². The zero-order valence-electron chi connectivity index (χ0n) is 15.0. The Labute approximate surface area is 159 Å². The standard InChI is InChI=1S/C23H22N2O2/c1-17(25-15-20-5-3-11-24-14-20)12-18-7-9-21(10-8-18)23(27)22-6-2-4-19(13-22)16-26/h2-11,13-14,16,23,25,27H,1,12,15H2/t23-/m1/s1. The third-order valence-electron chi connectivity index (χ3n) is 4.34. The molecule has 0 saturated heterocycles. The number of hydrogen-bond acceptors (Lipinski definition) is 4. The molecule has 0 spiro atoms. The van der Waals surface area contributed by atoms with E-state index < -0.39 is 6.10 Å². The smallest absolute Gasteiger partial charge is 0.150 e. The third kappa shape index (κ3) is 5.12. The van der Waals surface area contributed by atoms with E-state index in [-0.39, 0.29) is 0 Å². The second kappa shape index (κ2) is 8.92. The molecule has 0 saturated carbocycles. The SMILES string of the molecule is C=C(Cc1ccc([C@@H](O)c2cccc(C=O)c2)cc1)NCc1cccnc1. The van der Waals surface area contributed by atoms with Gasteiger partial charge in [0.1, 0.15) is 12.4 Å². The van der Waals surface area contributed by atoms with E-state index in [9.17, 15) is 9.90 Å². The molecule has 3 rings (SSSR count). The molecule has 3 aromatic rings. The van der Waals surface area contributed by atoms with Gasteiger partial charge in [0, 0.05) is 36.6 Å². The van der Waals surface area contributed by atoms with Gasteiger partial charge in [-0.1, -0.05) is 55.1 Å². The van der Waals surface area contributed by atoms with Crippen LogP contribution in [-0.4, -0.2) is 16.4 Å². The number of carbonyl (C=O) groups is 1. The second-order valence-corrected chi connectivity index (χ2v) is 6.43. The maximum atomic E-state index is 10.9. The number of aliphatic hydroxyl groups excluding tert-OH is 1. The summed E-state index contributed by atoms with van der Waals surface area (Å²) in [7, 11) is 0. The Kier molecular flexibility index (Phi) is 6.13. The number of rotatable bonds is 8. The predicted octanol–water partition coefficient (Wildman–Crippen LogP) is 3.82. The van der Waals surface area contributed by atoms with E-state index in [0.29, 0.717) is 24.1 Å². The molecule has 4 nitrogen and oxygen atoms in total. The van der Waals surface area contributed by atoms with Gasteiger partial charge in [-0.3, -0.25) is 9.78 Å². The highest BCUT2D eigenvalue weighted by Gasteiger charge is 2.11. The Morgan fingerprint density at radius 3 is 2.59 bits per heavy atom. The maximum Gasteiger partial charge on any atom is 0.150 e. The topological polar surface area (TPSA) is 62.2 Å². The summed E-state index contributed by atoms with van der Waals surface area (Å²) in [5.41, 5.74) is 5.18. The van der Waals surface area contributed by atoms with Crippen molar-refractivity contribution in [2.24, 2.45) is 0 Å². The molecule has 0 bridgehead atoms. The first-order valence-corrected chi connectivity index (χ1v) is 8.78. The fourth-order valence-electron chi connectivity index (χ4n) is 2.85. The number of nitrogens with one attached hydrogen (secondary N) is 1. The number of benzene rings is 2. The van der Waals surface area contributed by atoms with Crippen LogP contribution in [0.2, 0.25) is 0 Å². The number of pyridine rings is 1. The first kappa shape index (κ1) is 18.5. The van der Waals surface area contributed by atoms with E-state index in [4.69, 9.17) is 0 Å². The fourth-order valence-corrected chi connectivity index (χ4v) is 2.85. The van der Waals surface area contributed by atoms with E-state index in [2.05, 4.69) is 16.9 Å². The quantitative estimate of drug-likeness (QED) is 0.601. The predicted molar refractivity (Wildman–Crippen MR) is 106 cm³/mol. The Bertz CT molecular complexity index is 905. The number of nitrogens with zero attached hydrogens (tertiary/aromatic N) is 1. The van der Waals surface area contributed by atoms with Crippen molar-refractivity contribution in [3.63, 3.8) is 0 Å². The zero-order chi connectivity index (χ0) is 19.1. The third-order valence-corrected chi connectivity index (χ3v) is 4.34. The molecule has 2 aromatic carbocycles. The van der Waals surface area contributed by atoms with Crippen LogP contribution in [0.25, 0.3) is 0 Å². The van der Waals surface area contributed by atoms with Crippen LogP contribution in [0.4, 0.5) is 0 Å². The van der Waals surface area contributed by atoms with E-state index >= 15 is 0 Å². The van der Waals surface area contributed by atoms with Crippen LogP contribution < -0.4 is 5.32 Å². The monoisotopic (exact) mass is 358 g/mol. The minimum absolute atomic E-state index is 0.555. The molecule has 0 aliphatic heterocycles. The average Bonchev–Trinajstić information content (AvgIpc) is 2.73. The van der Waals surface area contributed by atoms with Gasteiger partial charge in [-0.05, 0) is 34.4 Å². The molecule has 0 aliphatic rings. The molecule has 1 aromatic heterocycles. The van der Waals surface area contributed by atoms with Crippen molar-refractivity contribution in [1.82, 2.24) is 10.3 Å². The summed E-state index contributed by atoms with van der Waals surface area (Å²) in [6.45, 7) is 4.77. The highest BCUT2D eigenvalue weighted by atomic mass is 16.3. The molecule has 2 N–H and O–H groups in total. The van der Waals surface area contributed by atoms with Gasteiger partial charge in [0.15, 0.2) is 0 Å². The molecule has 0 radical (unpaired) electrons. The van der Waals surface area contributed by atoms with Gasteiger partial charge >= 0.3 is 0 Å². The summed E-state index contributed by atoms with van der Waals surface area (Å²) in [6, 6.07) is 18.7. The summed E-state index contributed by atoms with van der Waals surface area (Å²) in [6.07, 6.45) is 4.31. The van der Waals surface area contributed by atoms with Crippen LogP contribution in [0.1, 0.15) is 38.7 Å². The molecule has 136 valence electrons. The minimum atomic E-state index is -0.758. The fraction of sp³-hybridized carbons (Fsp3) is 0.130. The number of allylic oxidation sites excluding steroid dienone is 1. The van der Waals surface area contributed by atoms with Crippen molar-refractivity contribution in [2.45, 2.75) is 19.1 Å². The molecule has 1 atom stereocenters. The number of hydrogen-bond donors (Lipinski definition) is 2. The highest BCUT2D eigenvalue weighted by molar-refractivity contribution is 5.75. The molecule has 27 heavy (non-hydrogen) atoms. The molecular weight excluding hydrogens is 336 g/mol. The van der Waals surface area contributed by atoms with Crippen molar-refractivity contribution in [1.29, 1.82) is 0 Å². The maximum absolute atomic E-state index is 10.9. The summed E-state index contributed by atoms with van der Waals surface area (Å²) < 4.78 is 0. The van der Waals surface area contributed by atoms with Gasteiger partial charge < -0.3 is 10.4 Å². The lowest BCUT2D eigenvalue weighted by Gasteiger charge is -2.13. The van der Waals surface area contributed by atoms with Crippen LogP contribution in [0, 0.1) is 0 Å². The van der Waals surface area contributed by atoms with Crippen molar-refractivity contribution >= 4 is 6.29 Å². The van der Waals surface area contributed by atoms with Crippen LogP contribution in [0.5, 0.6) is 0 Å². The lowest BCUT2D eigenvalue weighted by molar-refractivity contribution is 0.112. The van der Waals surface area contributed by atoms with Crippen LogP contribution in [0.3, 0.4) is 0 Å². The molecule has 4 heteroatoms. The number of aliphatic hydroxyl groups is 1. The lowest BCUT2D eigenvalue weighted by Crippen LogP contribution is -2.13. The Hall–Kier alpha value is -3.24. The number of aromatic nitrogens is 1. The normalized spacial score (nSPS) is 11.6. The Balaban J connectivity index is 1.59. The van der Waals surface area contributed by atoms with Gasteiger partial charge in [0.25, 0.3) is 0 Å². The van der Waals surface area contributed by atoms with E-state index in [1.54, 1.807) is 24.4 Å². The second-order valence-electron chi connectivity index (χ2n) is 6.43. The van der Waals surface area contributed by atoms with Gasteiger partial charge in [-0.2, -0.15) is 0 Å². The van der Waals surface area contributed by atoms with E-state index in [1.807, 2.05) is 48.7 Å². The summed E-state index contributed by atoms with van der Waals surface area (Å²) in [4.78, 5) is 15.0. The number of aldehydes is 1. The van der Waals surface area contributed by atoms with Gasteiger partial charge in [0.2, 0.25) is 0 Å². The Morgan fingerprint density at radius 1 is 1.07 bits per heavy atom. The molecule has 0 fully saturated rings. The van der Waals surface area contributed by atoms with Crippen LogP contribution in [-0.2, 0) is 13.0 Å². The van der Waals surface area contributed by atoms with E-state index in [0.717, 1.165) is 28.7 Å². The largest absolute Gasteiger partial charge is 0.384 e.